The number of nitrogens with two attached hydrogens (primary N) is 1. The summed E-state index contributed by atoms with van der Waals surface area (Å²) in [5.41, 5.74) is 8.66. The van der Waals surface area contributed by atoms with Crippen LogP contribution in [-0.4, -0.2) is 42.5 Å². The molecular formula is C14H16BrN3O2. The lowest BCUT2D eigenvalue weighted by Crippen LogP contribution is -2.44. The summed E-state index contributed by atoms with van der Waals surface area (Å²) >= 11 is 3.49. The fourth-order valence-corrected chi connectivity index (χ4v) is 2.91. The van der Waals surface area contributed by atoms with Crippen molar-refractivity contribution >= 4 is 38.2 Å². The molecule has 0 radical (unpaired) electrons. The van der Waals surface area contributed by atoms with Gasteiger partial charge in [-0.3, -0.25) is 4.98 Å². The minimum Gasteiger partial charge on any atom is -0.396 e. The zero-order chi connectivity index (χ0) is 14.1. The first-order valence-corrected chi connectivity index (χ1v) is 7.29. The maximum Gasteiger partial charge on any atom is 0.0980 e. The number of aliphatic hydroxyl groups excluding tert-OH is 1. The Bertz CT molecular complexity index is 630. The molecule has 20 heavy (non-hydrogen) atoms. The number of benzene rings is 1. The van der Waals surface area contributed by atoms with Crippen LogP contribution >= 0.6 is 15.9 Å². The Morgan fingerprint density at radius 3 is 3.15 bits per heavy atom. The number of ether oxygens (including phenoxy) is 1. The van der Waals surface area contributed by atoms with Crippen molar-refractivity contribution in [2.75, 3.05) is 36.9 Å². The van der Waals surface area contributed by atoms with Crippen molar-refractivity contribution in [3.63, 3.8) is 0 Å². The van der Waals surface area contributed by atoms with Crippen molar-refractivity contribution in [1.82, 2.24) is 4.98 Å². The number of nitrogen functional groups attached to an aromatic ring is 1. The van der Waals surface area contributed by atoms with E-state index in [-0.39, 0.29) is 12.7 Å². The summed E-state index contributed by atoms with van der Waals surface area (Å²) in [6.07, 6.45) is 1.52. The maximum absolute atomic E-state index is 9.28. The molecule has 2 aromatic rings. The number of morpholine rings is 1. The SMILES string of the molecule is Nc1cnc2ccc(Br)cc2c1N1CCOC(CO)C1. The lowest BCUT2D eigenvalue weighted by atomic mass is 10.1. The number of fused-ring (bicyclic) bond motifs is 1. The van der Waals surface area contributed by atoms with Gasteiger partial charge in [-0.1, -0.05) is 15.9 Å². The summed E-state index contributed by atoms with van der Waals surface area (Å²) in [6.45, 7) is 1.99. The first-order chi connectivity index (χ1) is 9.69. The van der Waals surface area contributed by atoms with Gasteiger partial charge in [0.1, 0.15) is 0 Å². The summed E-state index contributed by atoms with van der Waals surface area (Å²) < 4.78 is 6.49. The smallest absolute Gasteiger partial charge is 0.0980 e. The molecule has 1 fully saturated rings. The van der Waals surface area contributed by atoms with Crippen molar-refractivity contribution in [2.45, 2.75) is 6.10 Å². The van der Waals surface area contributed by atoms with Gasteiger partial charge in [0.2, 0.25) is 0 Å². The molecule has 0 bridgehead atoms. The first-order valence-electron chi connectivity index (χ1n) is 6.50. The van der Waals surface area contributed by atoms with Crippen molar-refractivity contribution in [3.8, 4) is 0 Å². The standard InChI is InChI=1S/C14H16BrN3O2/c15-9-1-2-13-11(5-9)14(12(16)6-17-13)18-3-4-20-10(7-18)8-19/h1-2,5-6,10,19H,3-4,7-8,16H2. The predicted molar refractivity (Wildman–Crippen MR) is 82.9 cm³/mol. The minimum absolute atomic E-state index is 0.0170. The minimum atomic E-state index is -0.168. The number of hydrogen-bond acceptors (Lipinski definition) is 5. The van der Waals surface area contributed by atoms with Crippen molar-refractivity contribution in [1.29, 1.82) is 0 Å². The van der Waals surface area contributed by atoms with Crippen LogP contribution in [0.1, 0.15) is 0 Å². The Morgan fingerprint density at radius 1 is 1.50 bits per heavy atom. The van der Waals surface area contributed by atoms with E-state index < -0.39 is 0 Å². The molecule has 0 saturated carbocycles. The van der Waals surface area contributed by atoms with Gasteiger partial charge in [-0.2, -0.15) is 0 Å². The number of hydrogen-bond donors (Lipinski definition) is 2. The highest BCUT2D eigenvalue weighted by atomic mass is 79.9. The van der Waals surface area contributed by atoms with Crippen molar-refractivity contribution in [3.05, 3.63) is 28.9 Å². The molecule has 3 N–H and O–H groups in total. The Morgan fingerprint density at radius 2 is 2.35 bits per heavy atom. The monoisotopic (exact) mass is 337 g/mol. The van der Waals surface area contributed by atoms with Gasteiger partial charge in [0.05, 0.1) is 42.4 Å². The van der Waals surface area contributed by atoms with Crippen LogP contribution in [0.4, 0.5) is 11.4 Å². The lowest BCUT2D eigenvalue weighted by Gasteiger charge is -2.35. The van der Waals surface area contributed by atoms with Crippen molar-refractivity contribution < 1.29 is 9.84 Å². The molecule has 1 aromatic heterocycles. The van der Waals surface area contributed by atoms with E-state index in [1.54, 1.807) is 6.20 Å². The van der Waals surface area contributed by atoms with E-state index in [2.05, 4.69) is 25.8 Å². The molecule has 6 heteroatoms. The normalized spacial score (nSPS) is 19.5. The third-order valence-electron chi connectivity index (χ3n) is 3.49. The van der Waals surface area contributed by atoms with Gasteiger partial charge in [-0.25, -0.2) is 0 Å². The quantitative estimate of drug-likeness (QED) is 0.873. The third-order valence-corrected chi connectivity index (χ3v) is 3.98. The van der Waals surface area contributed by atoms with Gasteiger partial charge < -0.3 is 20.5 Å². The lowest BCUT2D eigenvalue weighted by molar-refractivity contribution is 0.00367. The maximum atomic E-state index is 9.28. The van der Waals surface area contributed by atoms with E-state index in [1.165, 1.54) is 0 Å². The number of aromatic nitrogens is 1. The van der Waals surface area contributed by atoms with Gasteiger partial charge in [0, 0.05) is 22.9 Å². The molecule has 5 nitrogen and oxygen atoms in total. The van der Waals surface area contributed by atoms with Gasteiger partial charge >= 0.3 is 0 Å². The number of anilines is 2. The third kappa shape index (κ3) is 2.46. The van der Waals surface area contributed by atoms with E-state index in [0.29, 0.717) is 18.8 Å². The molecule has 0 aliphatic carbocycles. The summed E-state index contributed by atoms with van der Waals surface area (Å²) in [7, 11) is 0. The zero-order valence-electron chi connectivity index (χ0n) is 10.9. The van der Waals surface area contributed by atoms with Gasteiger partial charge in [-0.05, 0) is 18.2 Å². The molecule has 1 saturated heterocycles. The Hall–Kier alpha value is -1.37. The summed E-state index contributed by atoms with van der Waals surface area (Å²) in [6, 6.07) is 5.95. The molecule has 1 aliphatic heterocycles. The molecule has 2 heterocycles. The fourth-order valence-electron chi connectivity index (χ4n) is 2.55. The molecular weight excluding hydrogens is 322 g/mol. The van der Waals surface area contributed by atoms with E-state index in [4.69, 9.17) is 10.5 Å². The first kappa shape index (κ1) is 13.6. The Balaban J connectivity index is 2.09. The largest absolute Gasteiger partial charge is 0.396 e. The summed E-state index contributed by atoms with van der Waals surface area (Å²) in [5.74, 6) is 0. The highest BCUT2D eigenvalue weighted by Crippen LogP contribution is 2.34. The van der Waals surface area contributed by atoms with E-state index >= 15 is 0 Å². The zero-order valence-corrected chi connectivity index (χ0v) is 12.5. The molecule has 1 unspecified atom stereocenters. The average Bonchev–Trinajstić information content (AvgIpc) is 2.47. The highest BCUT2D eigenvalue weighted by molar-refractivity contribution is 9.10. The van der Waals surface area contributed by atoms with Gasteiger partial charge in [0.15, 0.2) is 0 Å². The fraction of sp³-hybridized carbons (Fsp3) is 0.357. The molecule has 1 aliphatic rings. The van der Waals surface area contributed by atoms with Crippen LogP contribution in [0.25, 0.3) is 10.9 Å². The molecule has 1 atom stereocenters. The Kier molecular flexibility index (Phi) is 3.78. The second kappa shape index (κ2) is 5.55. The molecule has 0 spiro atoms. The van der Waals surface area contributed by atoms with Crippen LogP contribution in [0.5, 0.6) is 0 Å². The molecule has 0 amide bonds. The van der Waals surface area contributed by atoms with Crippen LogP contribution in [-0.2, 0) is 4.74 Å². The summed E-state index contributed by atoms with van der Waals surface area (Å²) in [4.78, 5) is 6.53. The van der Waals surface area contributed by atoms with E-state index in [1.807, 2.05) is 18.2 Å². The number of pyridine rings is 1. The number of halogens is 1. The average molecular weight is 338 g/mol. The molecule has 106 valence electrons. The van der Waals surface area contributed by atoms with Crippen molar-refractivity contribution in [2.24, 2.45) is 0 Å². The molecule has 3 rings (SSSR count). The number of nitrogens with zero attached hydrogens (tertiary/aromatic N) is 2. The van der Waals surface area contributed by atoms with Crippen LogP contribution in [0.3, 0.4) is 0 Å². The van der Waals surface area contributed by atoms with Gasteiger partial charge in [-0.15, -0.1) is 0 Å². The van der Waals surface area contributed by atoms with Crippen LogP contribution in [0.15, 0.2) is 28.9 Å². The van der Waals surface area contributed by atoms with Gasteiger partial charge in [0.25, 0.3) is 0 Å². The number of aliphatic hydroxyl groups is 1. The molecule has 1 aromatic carbocycles. The second-order valence-electron chi connectivity index (χ2n) is 4.85. The van der Waals surface area contributed by atoms with Crippen LogP contribution in [0, 0.1) is 0 Å². The summed E-state index contributed by atoms with van der Waals surface area (Å²) in [5, 5.41) is 10.3. The van der Waals surface area contributed by atoms with E-state index in [0.717, 1.165) is 27.6 Å². The Labute approximate surface area is 125 Å². The highest BCUT2D eigenvalue weighted by Gasteiger charge is 2.23. The van der Waals surface area contributed by atoms with Crippen LogP contribution < -0.4 is 10.6 Å². The van der Waals surface area contributed by atoms with Crippen LogP contribution in [0.2, 0.25) is 0 Å². The second-order valence-corrected chi connectivity index (χ2v) is 5.76. The number of rotatable bonds is 2. The predicted octanol–water partition coefficient (Wildman–Crippen LogP) is 1.78. The topological polar surface area (TPSA) is 71.6 Å². The van der Waals surface area contributed by atoms with E-state index in [9.17, 15) is 5.11 Å².